The smallest absolute Gasteiger partial charge is 0.150 e. The maximum Gasteiger partial charge on any atom is 0.150 e. The maximum atomic E-state index is 13.7. The number of benzene rings is 2. The molecule has 0 radical (unpaired) electrons. The Labute approximate surface area is 104 Å². The Morgan fingerprint density at radius 3 is 2.28 bits per heavy atom. The lowest BCUT2D eigenvalue weighted by molar-refractivity contribution is 0.112. The molecule has 0 spiro atoms. The summed E-state index contributed by atoms with van der Waals surface area (Å²) in [7, 11) is 0. The van der Waals surface area contributed by atoms with Crippen LogP contribution in [0.3, 0.4) is 0 Å². The molecule has 0 bridgehead atoms. The van der Waals surface area contributed by atoms with E-state index in [1.54, 1.807) is 26.0 Å². The Bertz CT molecular complexity index is 618. The molecule has 3 heteroatoms. The van der Waals surface area contributed by atoms with E-state index in [1.165, 1.54) is 12.1 Å². The molecule has 0 saturated carbocycles. The molecule has 0 heterocycles. The zero-order valence-corrected chi connectivity index (χ0v) is 10.1. The third-order valence-corrected chi connectivity index (χ3v) is 2.96. The molecule has 0 N–H and O–H groups in total. The van der Waals surface area contributed by atoms with Crippen molar-refractivity contribution in [3.63, 3.8) is 0 Å². The molecule has 0 fully saturated rings. The molecule has 0 unspecified atom stereocenters. The molecule has 2 rings (SSSR count). The minimum Gasteiger partial charge on any atom is -0.298 e. The van der Waals surface area contributed by atoms with Crippen molar-refractivity contribution in [2.45, 2.75) is 13.8 Å². The predicted molar refractivity (Wildman–Crippen MR) is 66.7 cm³/mol. The molecule has 1 nitrogen and oxygen atoms in total. The fourth-order valence-corrected chi connectivity index (χ4v) is 1.96. The molecule has 0 aromatic heterocycles. The average Bonchev–Trinajstić information content (AvgIpc) is 2.32. The molecule has 2 aromatic rings. The molecule has 18 heavy (non-hydrogen) atoms. The Morgan fingerprint density at radius 2 is 1.67 bits per heavy atom. The van der Waals surface area contributed by atoms with Crippen molar-refractivity contribution < 1.29 is 13.6 Å². The Balaban J connectivity index is 2.64. The first-order valence-corrected chi connectivity index (χ1v) is 5.55. The molecule has 0 amide bonds. The van der Waals surface area contributed by atoms with Crippen LogP contribution in [0.5, 0.6) is 0 Å². The van der Waals surface area contributed by atoms with Crippen LogP contribution in [-0.2, 0) is 0 Å². The molecule has 0 aliphatic rings. The summed E-state index contributed by atoms with van der Waals surface area (Å²) in [5.41, 5.74) is 3.16. The summed E-state index contributed by atoms with van der Waals surface area (Å²) < 4.78 is 26.6. The largest absolute Gasteiger partial charge is 0.298 e. The van der Waals surface area contributed by atoms with Crippen molar-refractivity contribution in [2.24, 2.45) is 0 Å². The monoisotopic (exact) mass is 246 g/mol. The van der Waals surface area contributed by atoms with Crippen molar-refractivity contribution in [3.05, 3.63) is 58.7 Å². The van der Waals surface area contributed by atoms with Gasteiger partial charge in [-0.3, -0.25) is 4.79 Å². The van der Waals surface area contributed by atoms with Gasteiger partial charge >= 0.3 is 0 Å². The maximum absolute atomic E-state index is 13.7. The molecule has 2 aromatic carbocycles. The Hall–Kier alpha value is -2.03. The lowest BCUT2D eigenvalue weighted by Crippen LogP contribution is -1.94. The number of aldehydes is 1. The fourth-order valence-electron chi connectivity index (χ4n) is 1.96. The first kappa shape index (κ1) is 12.4. The average molecular weight is 246 g/mol. The standard InChI is InChI=1S/C15H12F2O/c1-9-6-14(10(2)5-11(9)8-18)13-4-3-12(16)7-15(13)17/h3-8H,1-2H3. The molecular weight excluding hydrogens is 234 g/mol. The number of halogens is 2. The van der Waals surface area contributed by atoms with E-state index in [4.69, 9.17) is 0 Å². The van der Waals surface area contributed by atoms with Crippen molar-refractivity contribution >= 4 is 6.29 Å². The SMILES string of the molecule is Cc1cc(-c2ccc(F)cc2F)c(C)cc1C=O. The minimum absolute atomic E-state index is 0.342. The number of hydrogen-bond donors (Lipinski definition) is 0. The van der Waals surface area contributed by atoms with Gasteiger partial charge in [0.05, 0.1) is 0 Å². The van der Waals surface area contributed by atoms with E-state index in [1.807, 2.05) is 0 Å². The summed E-state index contributed by atoms with van der Waals surface area (Å²) in [6, 6.07) is 6.95. The van der Waals surface area contributed by atoms with Gasteiger partial charge < -0.3 is 0 Å². The van der Waals surface area contributed by atoms with Gasteiger partial charge in [0.1, 0.15) is 17.9 Å². The molecule has 0 aliphatic carbocycles. The Kier molecular flexibility index (Phi) is 3.24. The highest BCUT2D eigenvalue weighted by Crippen LogP contribution is 2.28. The second kappa shape index (κ2) is 4.69. The third-order valence-electron chi connectivity index (χ3n) is 2.96. The van der Waals surface area contributed by atoms with Gasteiger partial charge in [0, 0.05) is 17.2 Å². The number of carbonyl (C=O) groups is 1. The number of rotatable bonds is 2. The highest BCUT2D eigenvalue weighted by atomic mass is 19.1. The van der Waals surface area contributed by atoms with E-state index >= 15 is 0 Å². The topological polar surface area (TPSA) is 17.1 Å². The second-order valence-electron chi connectivity index (χ2n) is 4.27. The number of aryl methyl sites for hydroxylation is 2. The van der Waals surface area contributed by atoms with Crippen molar-refractivity contribution in [1.82, 2.24) is 0 Å². The van der Waals surface area contributed by atoms with E-state index in [-0.39, 0.29) is 0 Å². The lowest BCUT2D eigenvalue weighted by atomic mass is 9.95. The van der Waals surface area contributed by atoms with Crippen molar-refractivity contribution in [1.29, 1.82) is 0 Å². The highest BCUT2D eigenvalue weighted by molar-refractivity contribution is 5.81. The number of carbonyl (C=O) groups excluding carboxylic acids is 1. The molecule has 0 aliphatic heterocycles. The summed E-state index contributed by atoms with van der Waals surface area (Å²) in [4.78, 5) is 10.8. The summed E-state index contributed by atoms with van der Waals surface area (Å²) >= 11 is 0. The van der Waals surface area contributed by atoms with E-state index in [9.17, 15) is 13.6 Å². The molecular formula is C15H12F2O. The van der Waals surface area contributed by atoms with Crippen LogP contribution in [-0.4, -0.2) is 6.29 Å². The van der Waals surface area contributed by atoms with Gasteiger partial charge in [-0.2, -0.15) is 0 Å². The van der Waals surface area contributed by atoms with Crippen LogP contribution in [0.25, 0.3) is 11.1 Å². The Morgan fingerprint density at radius 1 is 0.944 bits per heavy atom. The van der Waals surface area contributed by atoms with Gasteiger partial charge in [-0.1, -0.05) is 6.07 Å². The summed E-state index contributed by atoms with van der Waals surface area (Å²) in [6.45, 7) is 3.58. The fraction of sp³-hybridized carbons (Fsp3) is 0.133. The van der Waals surface area contributed by atoms with Gasteiger partial charge in [-0.15, -0.1) is 0 Å². The molecule has 0 saturated heterocycles. The van der Waals surface area contributed by atoms with Crippen LogP contribution in [0.2, 0.25) is 0 Å². The second-order valence-corrected chi connectivity index (χ2v) is 4.27. The van der Waals surface area contributed by atoms with Gasteiger partial charge in [0.2, 0.25) is 0 Å². The first-order chi connectivity index (χ1) is 8.52. The minimum atomic E-state index is -0.602. The van der Waals surface area contributed by atoms with E-state index in [2.05, 4.69) is 0 Å². The normalized spacial score (nSPS) is 10.4. The van der Waals surface area contributed by atoms with Crippen molar-refractivity contribution in [2.75, 3.05) is 0 Å². The third kappa shape index (κ3) is 2.16. The van der Waals surface area contributed by atoms with Crippen molar-refractivity contribution in [3.8, 4) is 11.1 Å². The summed E-state index contributed by atoms with van der Waals surface area (Å²) in [6.07, 6.45) is 0.771. The van der Waals surface area contributed by atoms with Crippen LogP contribution in [0, 0.1) is 25.5 Å². The summed E-state index contributed by atoms with van der Waals surface area (Å²) in [5.74, 6) is -1.20. The number of hydrogen-bond acceptors (Lipinski definition) is 1. The van der Waals surface area contributed by atoms with E-state index in [0.717, 1.165) is 23.5 Å². The van der Waals surface area contributed by atoms with E-state index < -0.39 is 11.6 Å². The van der Waals surface area contributed by atoms with Gasteiger partial charge in [-0.05, 0) is 48.7 Å². The lowest BCUT2D eigenvalue weighted by Gasteiger charge is -2.10. The highest BCUT2D eigenvalue weighted by Gasteiger charge is 2.11. The van der Waals surface area contributed by atoms with Gasteiger partial charge in [-0.25, -0.2) is 8.78 Å². The molecule has 92 valence electrons. The summed E-state index contributed by atoms with van der Waals surface area (Å²) in [5, 5.41) is 0. The van der Waals surface area contributed by atoms with E-state index in [0.29, 0.717) is 16.7 Å². The first-order valence-electron chi connectivity index (χ1n) is 5.55. The van der Waals surface area contributed by atoms with Crippen LogP contribution in [0.15, 0.2) is 30.3 Å². The molecule has 0 atom stereocenters. The van der Waals surface area contributed by atoms with Gasteiger partial charge in [0.25, 0.3) is 0 Å². The quantitative estimate of drug-likeness (QED) is 0.730. The van der Waals surface area contributed by atoms with Crippen LogP contribution in [0.1, 0.15) is 21.5 Å². The zero-order chi connectivity index (χ0) is 13.3. The van der Waals surface area contributed by atoms with Gasteiger partial charge in [0.15, 0.2) is 0 Å². The zero-order valence-electron chi connectivity index (χ0n) is 10.1. The van der Waals surface area contributed by atoms with Crippen LogP contribution < -0.4 is 0 Å². The van der Waals surface area contributed by atoms with Crippen LogP contribution >= 0.6 is 0 Å². The predicted octanol–water partition coefficient (Wildman–Crippen LogP) is 4.06. The van der Waals surface area contributed by atoms with Crippen LogP contribution in [0.4, 0.5) is 8.78 Å².